The normalized spacial score (nSPS) is 20.3. The van der Waals surface area contributed by atoms with Gasteiger partial charge in [-0.05, 0) is 25.2 Å². The fourth-order valence-electron chi connectivity index (χ4n) is 2.37. The molecule has 3 nitrogen and oxygen atoms in total. The number of amides is 1. The second-order valence-corrected chi connectivity index (χ2v) is 5.40. The zero-order valence-electron chi connectivity index (χ0n) is 11.0. The molecule has 1 saturated carbocycles. The Balaban J connectivity index is 2.29. The predicted octanol–water partition coefficient (Wildman–Crippen LogP) is 1.68. The first kappa shape index (κ1) is 14.1. The largest absolute Gasteiger partial charge is 0.344 e. The summed E-state index contributed by atoms with van der Waals surface area (Å²) in [7, 11) is 0. The maximum absolute atomic E-state index is 11.6. The van der Waals surface area contributed by atoms with E-state index in [1.807, 2.05) is 6.92 Å². The number of rotatable bonds is 5. The summed E-state index contributed by atoms with van der Waals surface area (Å²) < 4.78 is 0. The maximum atomic E-state index is 11.6. The lowest BCUT2D eigenvalue weighted by atomic mass is 9.75. The Hall–Kier alpha value is -1.01. The first-order chi connectivity index (χ1) is 8.07. The van der Waals surface area contributed by atoms with Crippen LogP contribution in [-0.4, -0.2) is 25.0 Å². The van der Waals surface area contributed by atoms with Gasteiger partial charge in [0.05, 0.1) is 12.6 Å². The minimum absolute atomic E-state index is 0.0117. The number of hydrogen-bond donors (Lipinski definition) is 2. The second kappa shape index (κ2) is 6.66. The molecular weight excluding hydrogens is 212 g/mol. The number of terminal acetylenes is 1. The third-order valence-electron chi connectivity index (χ3n) is 3.65. The van der Waals surface area contributed by atoms with Crippen molar-refractivity contribution in [3.05, 3.63) is 0 Å². The zero-order chi connectivity index (χ0) is 12.7. The second-order valence-electron chi connectivity index (χ2n) is 5.40. The number of nitrogens with one attached hydrogen (secondary N) is 2. The van der Waals surface area contributed by atoms with Crippen LogP contribution in [-0.2, 0) is 4.79 Å². The molecule has 0 aromatic carbocycles. The van der Waals surface area contributed by atoms with Crippen molar-refractivity contribution in [2.24, 2.45) is 5.41 Å². The van der Waals surface area contributed by atoms with Gasteiger partial charge in [-0.2, -0.15) is 0 Å². The van der Waals surface area contributed by atoms with Crippen molar-refractivity contribution in [1.29, 1.82) is 0 Å². The Morgan fingerprint density at radius 3 is 2.65 bits per heavy atom. The molecule has 2 N–H and O–H groups in total. The van der Waals surface area contributed by atoms with Crippen LogP contribution in [0, 0.1) is 17.8 Å². The van der Waals surface area contributed by atoms with Crippen molar-refractivity contribution >= 4 is 5.91 Å². The molecule has 0 bridgehead atoms. The van der Waals surface area contributed by atoms with E-state index in [4.69, 9.17) is 6.42 Å². The highest BCUT2D eigenvalue weighted by Crippen LogP contribution is 2.34. The van der Waals surface area contributed by atoms with Gasteiger partial charge in [0.1, 0.15) is 0 Å². The summed E-state index contributed by atoms with van der Waals surface area (Å²) in [4.78, 5) is 11.6. The van der Waals surface area contributed by atoms with E-state index < -0.39 is 0 Å². The molecule has 0 aliphatic heterocycles. The highest BCUT2D eigenvalue weighted by Gasteiger charge is 2.27. The molecule has 17 heavy (non-hydrogen) atoms. The van der Waals surface area contributed by atoms with Gasteiger partial charge >= 0.3 is 0 Å². The van der Waals surface area contributed by atoms with Gasteiger partial charge in [0, 0.05) is 6.54 Å². The quantitative estimate of drug-likeness (QED) is 0.713. The van der Waals surface area contributed by atoms with Crippen LogP contribution < -0.4 is 10.6 Å². The van der Waals surface area contributed by atoms with Gasteiger partial charge in [-0.15, -0.1) is 6.42 Å². The lowest BCUT2D eigenvalue weighted by Gasteiger charge is -2.34. The van der Waals surface area contributed by atoms with Gasteiger partial charge in [0.25, 0.3) is 0 Å². The minimum atomic E-state index is -0.165. The summed E-state index contributed by atoms with van der Waals surface area (Å²) in [6, 6.07) is -0.165. The molecule has 3 heteroatoms. The average molecular weight is 236 g/mol. The van der Waals surface area contributed by atoms with Crippen LogP contribution >= 0.6 is 0 Å². The van der Waals surface area contributed by atoms with Crippen LogP contribution in [0.25, 0.3) is 0 Å². The topological polar surface area (TPSA) is 41.1 Å². The van der Waals surface area contributed by atoms with Crippen molar-refractivity contribution in [2.45, 2.75) is 52.0 Å². The molecule has 1 atom stereocenters. The lowest BCUT2D eigenvalue weighted by molar-refractivity contribution is -0.122. The molecule has 0 aromatic rings. The number of carbonyl (C=O) groups is 1. The van der Waals surface area contributed by atoms with Crippen LogP contribution in [0.15, 0.2) is 0 Å². The molecule has 0 radical (unpaired) electrons. The molecule has 0 aromatic heterocycles. The van der Waals surface area contributed by atoms with Gasteiger partial charge < -0.3 is 10.6 Å². The van der Waals surface area contributed by atoms with Crippen molar-refractivity contribution < 1.29 is 4.79 Å². The van der Waals surface area contributed by atoms with Gasteiger partial charge in [-0.1, -0.05) is 32.1 Å². The molecule has 0 saturated heterocycles. The van der Waals surface area contributed by atoms with E-state index in [1.165, 1.54) is 32.1 Å². The smallest absolute Gasteiger partial charge is 0.237 e. The van der Waals surface area contributed by atoms with Crippen LogP contribution in [0.1, 0.15) is 46.0 Å². The molecule has 0 spiro atoms. The molecule has 96 valence electrons. The Labute approximate surface area is 105 Å². The van der Waals surface area contributed by atoms with Crippen molar-refractivity contribution in [3.8, 4) is 12.3 Å². The molecule has 1 fully saturated rings. The Kier molecular flexibility index (Phi) is 5.50. The summed E-state index contributed by atoms with van der Waals surface area (Å²) in [6.07, 6.45) is 11.6. The average Bonchev–Trinajstić information content (AvgIpc) is 2.34. The minimum Gasteiger partial charge on any atom is -0.344 e. The first-order valence-corrected chi connectivity index (χ1v) is 6.52. The van der Waals surface area contributed by atoms with E-state index >= 15 is 0 Å². The standard InChI is InChI=1S/C14H24N2O/c1-4-10-15-13(17)12(2)16-11-14(3)8-6-5-7-9-14/h1,12,16H,5-11H2,2-3H3,(H,15,17). The lowest BCUT2D eigenvalue weighted by Crippen LogP contribution is -2.46. The third kappa shape index (κ3) is 4.79. The Morgan fingerprint density at radius 1 is 1.41 bits per heavy atom. The summed E-state index contributed by atoms with van der Waals surface area (Å²) in [5.41, 5.74) is 0.360. The molecule has 1 amide bonds. The molecule has 1 aliphatic rings. The monoisotopic (exact) mass is 236 g/mol. The summed E-state index contributed by atoms with van der Waals surface area (Å²) in [5.74, 6) is 2.40. The molecule has 1 rings (SSSR count). The van der Waals surface area contributed by atoms with Crippen molar-refractivity contribution in [2.75, 3.05) is 13.1 Å². The van der Waals surface area contributed by atoms with E-state index in [2.05, 4.69) is 23.5 Å². The fraction of sp³-hybridized carbons (Fsp3) is 0.786. The van der Waals surface area contributed by atoms with Gasteiger partial charge in [0.15, 0.2) is 0 Å². The number of hydrogen-bond acceptors (Lipinski definition) is 2. The summed E-state index contributed by atoms with van der Waals surface area (Å²) in [5, 5.41) is 6.02. The third-order valence-corrected chi connectivity index (χ3v) is 3.65. The summed E-state index contributed by atoms with van der Waals surface area (Å²) >= 11 is 0. The van der Waals surface area contributed by atoms with Crippen molar-refractivity contribution in [1.82, 2.24) is 10.6 Å². The molecular formula is C14H24N2O. The van der Waals surface area contributed by atoms with E-state index in [0.717, 1.165) is 6.54 Å². The van der Waals surface area contributed by atoms with Crippen LogP contribution in [0.5, 0.6) is 0 Å². The predicted molar refractivity (Wildman–Crippen MR) is 70.5 cm³/mol. The fourth-order valence-corrected chi connectivity index (χ4v) is 2.37. The van der Waals surface area contributed by atoms with Crippen LogP contribution in [0.4, 0.5) is 0 Å². The molecule has 0 heterocycles. The highest BCUT2D eigenvalue weighted by molar-refractivity contribution is 5.81. The number of carbonyl (C=O) groups excluding carboxylic acids is 1. The van der Waals surface area contributed by atoms with Crippen LogP contribution in [0.3, 0.4) is 0 Å². The molecule has 1 unspecified atom stereocenters. The Morgan fingerprint density at radius 2 is 2.06 bits per heavy atom. The van der Waals surface area contributed by atoms with Gasteiger partial charge in [-0.25, -0.2) is 0 Å². The molecule has 1 aliphatic carbocycles. The van der Waals surface area contributed by atoms with Gasteiger partial charge in [0.2, 0.25) is 5.91 Å². The highest BCUT2D eigenvalue weighted by atomic mass is 16.2. The van der Waals surface area contributed by atoms with E-state index in [0.29, 0.717) is 12.0 Å². The van der Waals surface area contributed by atoms with Gasteiger partial charge in [-0.3, -0.25) is 4.79 Å². The van der Waals surface area contributed by atoms with E-state index in [9.17, 15) is 4.79 Å². The summed E-state index contributed by atoms with van der Waals surface area (Å²) in [6.45, 7) is 5.42. The van der Waals surface area contributed by atoms with Crippen LogP contribution in [0.2, 0.25) is 0 Å². The first-order valence-electron chi connectivity index (χ1n) is 6.52. The maximum Gasteiger partial charge on any atom is 0.237 e. The zero-order valence-corrected chi connectivity index (χ0v) is 11.0. The Bertz CT molecular complexity index is 287. The van der Waals surface area contributed by atoms with E-state index in [-0.39, 0.29) is 11.9 Å². The van der Waals surface area contributed by atoms with E-state index in [1.54, 1.807) is 0 Å². The SMILES string of the molecule is C#CCNC(=O)C(C)NCC1(C)CCCCC1. The van der Waals surface area contributed by atoms with Crippen molar-refractivity contribution in [3.63, 3.8) is 0 Å².